The first-order valence-corrected chi connectivity index (χ1v) is 12.0. The third-order valence-electron chi connectivity index (χ3n) is 6.21. The van der Waals surface area contributed by atoms with Crippen molar-refractivity contribution in [1.82, 2.24) is 5.48 Å². The largest absolute Gasteiger partial charge is 0.389 e. The summed E-state index contributed by atoms with van der Waals surface area (Å²) in [6, 6.07) is 0. The summed E-state index contributed by atoms with van der Waals surface area (Å²) in [5.74, 6) is -0.0999. The SMILES string of the molecule is CC/C=C\[C@@H]1C[C@@H]1CC(O)N=C(NOCC1CC1)C(C[C@@H](C)C[C@H](C)CF)CC(F)(F)F. The highest BCUT2D eigenvalue weighted by Crippen LogP contribution is 2.43. The lowest BCUT2D eigenvalue weighted by atomic mass is 9.87. The van der Waals surface area contributed by atoms with Crippen LogP contribution in [0.1, 0.15) is 72.1 Å². The molecule has 0 saturated heterocycles. The molecule has 186 valence electrons. The lowest BCUT2D eigenvalue weighted by Crippen LogP contribution is -2.36. The molecule has 2 aliphatic rings. The Kier molecular flexibility index (Phi) is 10.9. The first kappa shape index (κ1) is 27.1. The predicted octanol–water partition coefficient (Wildman–Crippen LogP) is 6.22. The first-order chi connectivity index (χ1) is 15.1. The minimum absolute atomic E-state index is 0.0523. The van der Waals surface area contributed by atoms with Gasteiger partial charge >= 0.3 is 6.18 Å². The van der Waals surface area contributed by atoms with Gasteiger partial charge in [-0.25, -0.2) is 4.99 Å². The van der Waals surface area contributed by atoms with Gasteiger partial charge in [-0.05, 0) is 74.5 Å². The number of halogens is 4. The van der Waals surface area contributed by atoms with Gasteiger partial charge in [0.2, 0.25) is 0 Å². The Balaban J connectivity index is 2.07. The molecule has 2 rings (SSSR count). The van der Waals surface area contributed by atoms with Crippen molar-refractivity contribution < 1.29 is 27.5 Å². The van der Waals surface area contributed by atoms with E-state index in [0.717, 1.165) is 25.7 Å². The zero-order valence-electron chi connectivity index (χ0n) is 19.6. The van der Waals surface area contributed by atoms with Crippen molar-refractivity contribution in [3.63, 3.8) is 0 Å². The molecule has 0 radical (unpaired) electrons. The third kappa shape index (κ3) is 11.1. The van der Waals surface area contributed by atoms with E-state index in [1.54, 1.807) is 6.92 Å². The molecular weight excluding hydrogens is 424 g/mol. The van der Waals surface area contributed by atoms with E-state index in [1.807, 2.05) is 6.92 Å². The van der Waals surface area contributed by atoms with E-state index in [1.165, 1.54) is 0 Å². The molecule has 2 unspecified atom stereocenters. The van der Waals surface area contributed by atoms with E-state index in [0.29, 0.717) is 37.2 Å². The molecule has 0 amide bonds. The van der Waals surface area contributed by atoms with E-state index < -0.39 is 31.4 Å². The van der Waals surface area contributed by atoms with Crippen LogP contribution in [0.4, 0.5) is 17.6 Å². The second kappa shape index (κ2) is 12.9. The van der Waals surface area contributed by atoms with Gasteiger partial charge in [0.1, 0.15) is 12.1 Å². The summed E-state index contributed by atoms with van der Waals surface area (Å²) in [7, 11) is 0. The number of hydroxylamine groups is 1. The summed E-state index contributed by atoms with van der Waals surface area (Å²) in [5, 5.41) is 10.5. The highest BCUT2D eigenvalue weighted by atomic mass is 19.4. The van der Waals surface area contributed by atoms with Crippen LogP contribution in [0.15, 0.2) is 17.1 Å². The van der Waals surface area contributed by atoms with Gasteiger partial charge in [-0.2, -0.15) is 13.2 Å². The standard InChI is InChI=1S/C24H40F4N2O2/c1-4-5-6-19-11-20(19)12-22(31)29-23(30-32-15-18-7-8-18)21(13-24(26,27)28)10-16(2)9-17(3)14-25/h5-6,16-22,31H,4,7-15H2,1-3H3,(H,29,30)/b6-5-/t16-,17-,19+,20+,21?,22?/m0/s1. The highest BCUT2D eigenvalue weighted by molar-refractivity contribution is 5.83. The maximum absolute atomic E-state index is 13.4. The molecule has 6 atom stereocenters. The normalized spacial score (nSPS) is 25.6. The van der Waals surface area contributed by atoms with Gasteiger partial charge < -0.3 is 5.11 Å². The van der Waals surface area contributed by atoms with Crippen LogP contribution in [0, 0.1) is 35.5 Å². The summed E-state index contributed by atoms with van der Waals surface area (Å²) in [6.07, 6.45) is 2.84. The zero-order chi connectivity index (χ0) is 23.7. The van der Waals surface area contributed by atoms with Crippen molar-refractivity contribution in [1.29, 1.82) is 0 Å². The van der Waals surface area contributed by atoms with Gasteiger partial charge in [0, 0.05) is 5.92 Å². The molecule has 0 spiro atoms. The zero-order valence-corrected chi connectivity index (χ0v) is 19.6. The number of aliphatic hydroxyl groups is 1. The number of aliphatic hydroxyl groups excluding tert-OH is 1. The lowest BCUT2D eigenvalue weighted by molar-refractivity contribution is -0.141. The van der Waals surface area contributed by atoms with Crippen molar-refractivity contribution in [2.45, 2.75) is 84.5 Å². The van der Waals surface area contributed by atoms with E-state index in [2.05, 4.69) is 29.5 Å². The Morgan fingerprint density at radius 2 is 1.94 bits per heavy atom. The van der Waals surface area contributed by atoms with Gasteiger partial charge in [-0.3, -0.25) is 14.7 Å². The Hall–Kier alpha value is -1.15. The van der Waals surface area contributed by atoms with Crippen LogP contribution in [0.3, 0.4) is 0 Å². The van der Waals surface area contributed by atoms with Crippen molar-refractivity contribution in [3.8, 4) is 0 Å². The summed E-state index contributed by atoms with van der Waals surface area (Å²) in [4.78, 5) is 9.73. The van der Waals surface area contributed by atoms with Crippen molar-refractivity contribution in [3.05, 3.63) is 12.2 Å². The fraction of sp³-hybridized carbons (Fsp3) is 0.875. The molecule has 0 bridgehead atoms. The molecule has 0 aromatic heterocycles. The molecule has 32 heavy (non-hydrogen) atoms. The number of aliphatic imine (C=N–C) groups is 1. The number of nitrogens with one attached hydrogen (secondary N) is 1. The fourth-order valence-electron chi connectivity index (χ4n) is 4.21. The number of alkyl halides is 4. The molecule has 2 saturated carbocycles. The Labute approximate surface area is 189 Å². The predicted molar refractivity (Wildman–Crippen MR) is 119 cm³/mol. The molecule has 2 fully saturated rings. The summed E-state index contributed by atoms with van der Waals surface area (Å²) >= 11 is 0. The van der Waals surface area contributed by atoms with E-state index in [9.17, 15) is 22.7 Å². The molecular formula is C24H40F4N2O2. The van der Waals surface area contributed by atoms with Gasteiger partial charge in [0.25, 0.3) is 0 Å². The molecule has 2 aliphatic carbocycles. The van der Waals surface area contributed by atoms with Crippen LogP contribution in [0.2, 0.25) is 0 Å². The first-order valence-electron chi connectivity index (χ1n) is 12.0. The average Bonchev–Trinajstić information content (AvgIpc) is 3.61. The van der Waals surface area contributed by atoms with Crippen molar-refractivity contribution in [2.24, 2.45) is 40.5 Å². The van der Waals surface area contributed by atoms with Crippen LogP contribution in [0.5, 0.6) is 0 Å². The Bertz CT molecular complexity index is 607. The van der Waals surface area contributed by atoms with E-state index in [4.69, 9.17) is 4.84 Å². The van der Waals surface area contributed by atoms with E-state index in [-0.39, 0.29) is 24.1 Å². The second-order valence-corrected chi connectivity index (χ2v) is 9.94. The molecule has 8 heteroatoms. The number of hydrogen-bond donors (Lipinski definition) is 2. The topological polar surface area (TPSA) is 53.9 Å². The molecule has 0 heterocycles. The lowest BCUT2D eigenvalue weighted by Gasteiger charge is -2.26. The van der Waals surface area contributed by atoms with Crippen LogP contribution in [-0.2, 0) is 4.84 Å². The van der Waals surface area contributed by atoms with Crippen molar-refractivity contribution >= 4 is 5.84 Å². The summed E-state index contributed by atoms with van der Waals surface area (Å²) < 4.78 is 53.0. The van der Waals surface area contributed by atoms with Gasteiger partial charge in [-0.1, -0.05) is 32.9 Å². The maximum atomic E-state index is 13.4. The second-order valence-electron chi connectivity index (χ2n) is 9.94. The van der Waals surface area contributed by atoms with Crippen LogP contribution in [-0.4, -0.2) is 36.6 Å². The number of rotatable bonds is 15. The summed E-state index contributed by atoms with van der Waals surface area (Å²) in [6.45, 7) is 5.57. The smallest absolute Gasteiger partial charge is 0.372 e. The van der Waals surface area contributed by atoms with Gasteiger partial charge in [-0.15, -0.1) is 0 Å². The minimum Gasteiger partial charge on any atom is -0.372 e. The number of nitrogens with zero attached hydrogens (tertiary/aromatic N) is 1. The van der Waals surface area contributed by atoms with E-state index >= 15 is 0 Å². The molecule has 0 aromatic rings. The molecule has 0 aromatic carbocycles. The van der Waals surface area contributed by atoms with Crippen LogP contribution in [0.25, 0.3) is 0 Å². The minimum atomic E-state index is -4.38. The van der Waals surface area contributed by atoms with Gasteiger partial charge in [0.05, 0.1) is 19.7 Å². The van der Waals surface area contributed by atoms with Crippen molar-refractivity contribution in [2.75, 3.05) is 13.3 Å². The molecule has 2 N–H and O–H groups in total. The Morgan fingerprint density at radius 1 is 1.22 bits per heavy atom. The fourth-order valence-corrected chi connectivity index (χ4v) is 4.21. The average molecular weight is 465 g/mol. The highest BCUT2D eigenvalue weighted by Gasteiger charge is 2.38. The summed E-state index contributed by atoms with van der Waals surface area (Å²) in [5.41, 5.74) is 2.66. The van der Waals surface area contributed by atoms with Crippen LogP contribution >= 0.6 is 0 Å². The number of hydrogen-bond acceptors (Lipinski definition) is 3. The van der Waals surface area contributed by atoms with Crippen LogP contribution < -0.4 is 5.48 Å². The number of allylic oxidation sites excluding steroid dienone is 2. The molecule has 0 aliphatic heterocycles. The number of amidine groups is 1. The third-order valence-corrected chi connectivity index (χ3v) is 6.21. The maximum Gasteiger partial charge on any atom is 0.389 e. The Morgan fingerprint density at radius 3 is 2.53 bits per heavy atom. The van der Waals surface area contributed by atoms with Gasteiger partial charge in [0.15, 0.2) is 0 Å². The molecule has 4 nitrogen and oxygen atoms in total. The monoisotopic (exact) mass is 464 g/mol. The quantitative estimate of drug-likeness (QED) is 0.0995.